The lowest BCUT2D eigenvalue weighted by Gasteiger charge is -2.18. The van der Waals surface area contributed by atoms with Crippen LogP contribution in [0.5, 0.6) is 0 Å². The molecule has 0 amide bonds. The molecule has 3 nitrogen and oxygen atoms in total. The van der Waals surface area contributed by atoms with E-state index in [4.69, 9.17) is 4.74 Å². The third-order valence-corrected chi connectivity index (χ3v) is 5.40. The summed E-state index contributed by atoms with van der Waals surface area (Å²) in [7, 11) is 0. The summed E-state index contributed by atoms with van der Waals surface area (Å²) in [6, 6.07) is 0. The van der Waals surface area contributed by atoms with Gasteiger partial charge in [0.05, 0.1) is 4.83 Å². The molecule has 2 heterocycles. The summed E-state index contributed by atoms with van der Waals surface area (Å²) in [6.07, 6.45) is 3.21. The number of hydrogen-bond donors (Lipinski definition) is 0. The summed E-state index contributed by atoms with van der Waals surface area (Å²) < 4.78 is 5.75. The molecular weight excluding hydrogens is 276 g/mol. The molecule has 1 aromatic heterocycles. The minimum atomic E-state index is -0.184. The molecular formula is C10H15BrN2OS. The quantitative estimate of drug-likeness (QED) is 0.800. The van der Waals surface area contributed by atoms with Crippen LogP contribution < -0.4 is 0 Å². The molecule has 0 aromatic carbocycles. The number of halogens is 1. The zero-order valence-corrected chi connectivity index (χ0v) is 11.4. The highest BCUT2D eigenvalue weighted by Gasteiger charge is 2.35. The van der Waals surface area contributed by atoms with Crippen molar-refractivity contribution in [2.24, 2.45) is 0 Å². The van der Waals surface area contributed by atoms with E-state index in [-0.39, 0.29) is 5.60 Å². The van der Waals surface area contributed by atoms with E-state index in [1.54, 1.807) is 11.3 Å². The number of nitrogens with zero attached hydrogens (tertiary/aromatic N) is 2. The fraction of sp³-hybridized carbons (Fsp3) is 0.800. The van der Waals surface area contributed by atoms with Crippen LogP contribution in [-0.4, -0.2) is 16.8 Å². The largest absolute Gasteiger partial charge is 0.368 e. The lowest BCUT2D eigenvalue weighted by atomic mass is 10.0. The Balaban J connectivity index is 2.19. The van der Waals surface area contributed by atoms with Crippen LogP contribution in [0.3, 0.4) is 0 Å². The van der Waals surface area contributed by atoms with Crippen molar-refractivity contribution in [3.63, 3.8) is 0 Å². The van der Waals surface area contributed by atoms with E-state index < -0.39 is 0 Å². The van der Waals surface area contributed by atoms with E-state index in [2.05, 4.69) is 40.0 Å². The van der Waals surface area contributed by atoms with E-state index in [0.717, 1.165) is 35.9 Å². The molecule has 1 saturated heterocycles. The van der Waals surface area contributed by atoms with Gasteiger partial charge in [-0.25, -0.2) is 0 Å². The Kier molecular flexibility index (Phi) is 3.42. The molecule has 0 aliphatic carbocycles. The molecule has 1 aliphatic heterocycles. The van der Waals surface area contributed by atoms with Crippen molar-refractivity contribution < 1.29 is 4.74 Å². The molecule has 2 rings (SSSR count). The van der Waals surface area contributed by atoms with Crippen molar-refractivity contribution >= 4 is 27.3 Å². The van der Waals surface area contributed by atoms with E-state index >= 15 is 0 Å². The van der Waals surface area contributed by atoms with Gasteiger partial charge in [-0.1, -0.05) is 34.2 Å². The number of alkyl halides is 1. The first-order chi connectivity index (χ1) is 7.15. The number of hydrogen-bond acceptors (Lipinski definition) is 4. The average molecular weight is 291 g/mol. The van der Waals surface area contributed by atoms with E-state index in [9.17, 15) is 0 Å². The van der Waals surface area contributed by atoms with Crippen LogP contribution in [0.25, 0.3) is 0 Å². The van der Waals surface area contributed by atoms with Crippen LogP contribution in [0.4, 0.5) is 0 Å². The van der Waals surface area contributed by atoms with Crippen molar-refractivity contribution in [3.05, 3.63) is 10.0 Å². The van der Waals surface area contributed by atoms with E-state index in [0.29, 0.717) is 4.83 Å². The standard InChI is InChI=1S/C10H15BrN2OS/c1-3-7(11)8-12-13-9(15-8)10(2)5-4-6-14-10/h7H,3-6H2,1-2H3. The smallest absolute Gasteiger partial charge is 0.149 e. The fourth-order valence-corrected chi connectivity index (χ4v) is 3.10. The first-order valence-electron chi connectivity index (χ1n) is 5.27. The fourth-order valence-electron chi connectivity index (χ4n) is 1.70. The molecule has 0 radical (unpaired) electrons. The highest BCUT2D eigenvalue weighted by Crippen LogP contribution is 2.39. The Labute approximate surface area is 102 Å². The molecule has 1 aliphatic rings. The van der Waals surface area contributed by atoms with Crippen LogP contribution in [0.1, 0.15) is 48.0 Å². The van der Waals surface area contributed by atoms with Gasteiger partial charge in [-0.2, -0.15) is 0 Å². The van der Waals surface area contributed by atoms with Gasteiger partial charge in [-0.05, 0) is 26.2 Å². The number of rotatable bonds is 3. The lowest BCUT2D eigenvalue weighted by molar-refractivity contribution is 0.0161. The first kappa shape index (κ1) is 11.5. The summed E-state index contributed by atoms with van der Waals surface area (Å²) in [5.74, 6) is 0. The Morgan fingerprint density at radius 1 is 1.60 bits per heavy atom. The van der Waals surface area contributed by atoms with Crippen LogP contribution in [0.15, 0.2) is 0 Å². The van der Waals surface area contributed by atoms with Crippen LogP contribution in [-0.2, 0) is 10.3 Å². The lowest BCUT2D eigenvalue weighted by Crippen LogP contribution is -2.19. The van der Waals surface area contributed by atoms with E-state index in [1.165, 1.54) is 0 Å². The molecule has 15 heavy (non-hydrogen) atoms. The van der Waals surface area contributed by atoms with Gasteiger partial charge in [-0.15, -0.1) is 10.2 Å². The Bertz CT molecular complexity index is 336. The SMILES string of the molecule is CCC(Br)c1nnc(C2(C)CCCO2)s1. The maximum atomic E-state index is 5.75. The van der Waals surface area contributed by atoms with Gasteiger partial charge in [0, 0.05) is 6.61 Å². The van der Waals surface area contributed by atoms with Gasteiger partial charge < -0.3 is 4.74 Å². The highest BCUT2D eigenvalue weighted by molar-refractivity contribution is 9.09. The molecule has 0 bridgehead atoms. The summed E-state index contributed by atoms with van der Waals surface area (Å²) in [4.78, 5) is 0.328. The molecule has 2 unspecified atom stereocenters. The maximum Gasteiger partial charge on any atom is 0.149 e. The average Bonchev–Trinajstić information content (AvgIpc) is 2.85. The molecule has 1 fully saturated rings. The monoisotopic (exact) mass is 290 g/mol. The van der Waals surface area contributed by atoms with Crippen molar-refractivity contribution in [2.45, 2.75) is 43.5 Å². The highest BCUT2D eigenvalue weighted by atomic mass is 79.9. The molecule has 1 aromatic rings. The number of ether oxygens (including phenoxy) is 1. The second-order valence-electron chi connectivity index (χ2n) is 4.00. The molecule has 0 N–H and O–H groups in total. The van der Waals surface area contributed by atoms with Crippen LogP contribution >= 0.6 is 27.3 Å². The van der Waals surface area contributed by atoms with Gasteiger partial charge in [0.15, 0.2) is 0 Å². The van der Waals surface area contributed by atoms with Gasteiger partial charge >= 0.3 is 0 Å². The Morgan fingerprint density at radius 3 is 3.00 bits per heavy atom. The van der Waals surface area contributed by atoms with Crippen molar-refractivity contribution in [3.8, 4) is 0 Å². The normalized spacial score (nSPS) is 28.2. The topological polar surface area (TPSA) is 35.0 Å². The third kappa shape index (κ3) is 2.24. The zero-order valence-electron chi connectivity index (χ0n) is 8.99. The second-order valence-corrected chi connectivity index (χ2v) is 6.12. The maximum absolute atomic E-state index is 5.75. The predicted octanol–water partition coefficient (Wildman–Crippen LogP) is 3.41. The number of aromatic nitrogens is 2. The Hall–Kier alpha value is -0.0000000000000000555. The summed E-state index contributed by atoms with van der Waals surface area (Å²) in [5, 5.41) is 10.6. The van der Waals surface area contributed by atoms with Gasteiger partial charge in [-0.3, -0.25) is 0 Å². The van der Waals surface area contributed by atoms with E-state index in [1.807, 2.05) is 0 Å². The first-order valence-corrected chi connectivity index (χ1v) is 7.01. The molecule has 5 heteroatoms. The minimum absolute atomic E-state index is 0.184. The predicted molar refractivity (Wildman–Crippen MR) is 64.4 cm³/mol. The van der Waals surface area contributed by atoms with Crippen molar-refractivity contribution in [1.82, 2.24) is 10.2 Å². The van der Waals surface area contributed by atoms with Crippen molar-refractivity contribution in [2.75, 3.05) is 6.61 Å². The molecule has 84 valence electrons. The van der Waals surface area contributed by atoms with Gasteiger partial charge in [0.2, 0.25) is 0 Å². The van der Waals surface area contributed by atoms with Gasteiger partial charge in [0.1, 0.15) is 15.6 Å². The Morgan fingerprint density at radius 2 is 2.40 bits per heavy atom. The van der Waals surface area contributed by atoms with Crippen LogP contribution in [0, 0.1) is 0 Å². The minimum Gasteiger partial charge on any atom is -0.368 e. The summed E-state index contributed by atoms with van der Waals surface area (Å²) in [5.41, 5.74) is -0.184. The molecule has 0 spiro atoms. The zero-order chi connectivity index (χ0) is 10.9. The van der Waals surface area contributed by atoms with Crippen LogP contribution in [0.2, 0.25) is 0 Å². The second kappa shape index (κ2) is 4.47. The van der Waals surface area contributed by atoms with Crippen molar-refractivity contribution in [1.29, 1.82) is 0 Å². The van der Waals surface area contributed by atoms with Gasteiger partial charge in [0.25, 0.3) is 0 Å². The summed E-state index contributed by atoms with van der Waals surface area (Å²) >= 11 is 5.26. The molecule has 0 saturated carbocycles. The summed E-state index contributed by atoms with van der Waals surface area (Å²) in [6.45, 7) is 5.09. The third-order valence-electron chi connectivity index (χ3n) is 2.74. The molecule has 2 atom stereocenters.